The van der Waals surface area contributed by atoms with Gasteiger partial charge in [-0.2, -0.15) is 0 Å². The van der Waals surface area contributed by atoms with Crippen LogP contribution in [0, 0.1) is 0 Å². The molecule has 0 spiro atoms. The van der Waals surface area contributed by atoms with E-state index in [9.17, 15) is 9.59 Å². The molecule has 0 radical (unpaired) electrons. The molecule has 6 heteroatoms. The third kappa shape index (κ3) is 5.74. The van der Waals surface area contributed by atoms with E-state index >= 15 is 0 Å². The lowest BCUT2D eigenvalue weighted by atomic mass is 10.0. The minimum atomic E-state index is -0.250. The Balaban J connectivity index is 1.44. The standard InChI is InChI=1S/C21H19ClN2O2S/c22-18-9-3-5-15(11-18)13-27-14-21(26)24-23-20(25)12-17-8-4-7-16-6-1-2-10-19(16)17/h1-11H,12-14H2,(H,23,25)(H,24,26). The van der Waals surface area contributed by atoms with Gasteiger partial charge in [-0.1, -0.05) is 66.2 Å². The number of hydrogen-bond donors (Lipinski definition) is 2. The minimum Gasteiger partial charge on any atom is -0.273 e. The summed E-state index contributed by atoms with van der Waals surface area (Å²) in [5.41, 5.74) is 6.93. The van der Waals surface area contributed by atoms with E-state index in [4.69, 9.17) is 11.6 Å². The van der Waals surface area contributed by atoms with Crippen molar-refractivity contribution in [3.63, 3.8) is 0 Å². The molecule has 0 aromatic heterocycles. The van der Waals surface area contributed by atoms with E-state index in [-0.39, 0.29) is 24.0 Å². The second-order valence-corrected chi connectivity index (χ2v) is 7.46. The zero-order chi connectivity index (χ0) is 19.1. The zero-order valence-electron chi connectivity index (χ0n) is 14.6. The molecule has 3 aromatic carbocycles. The molecule has 0 saturated carbocycles. The SMILES string of the molecule is O=C(CSCc1cccc(Cl)c1)NNC(=O)Cc1cccc2ccccc12. The van der Waals surface area contributed by atoms with E-state index < -0.39 is 0 Å². The van der Waals surface area contributed by atoms with Crippen molar-refractivity contribution in [2.24, 2.45) is 0 Å². The number of rotatable bonds is 6. The van der Waals surface area contributed by atoms with Crippen LogP contribution < -0.4 is 10.9 Å². The van der Waals surface area contributed by atoms with E-state index in [0.29, 0.717) is 10.8 Å². The zero-order valence-corrected chi connectivity index (χ0v) is 16.1. The lowest BCUT2D eigenvalue weighted by Crippen LogP contribution is -2.43. The molecule has 0 aliphatic rings. The number of thioether (sulfide) groups is 1. The Kier molecular flexibility index (Phi) is 6.74. The smallest absolute Gasteiger partial charge is 0.248 e. The maximum Gasteiger partial charge on any atom is 0.248 e. The number of carbonyl (C=O) groups excluding carboxylic acids is 2. The highest BCUT2D eigenvalue weighted by atomic mass is 35.5. The van der Waals surface area contributed by atoms with Crippen molar-refractivity contribution in [2.45, 2.75) is 12.2 Å². The summed E-state index contributed by atoms with van der Waals surface area (Å²) in [5.74, 6) is 0.437. The first-order valence-corrected chi connectivity index (χ1v) is 10.0. The van der Waals surface area contributed by atoms with Crippen molar-refractivity contribution >= 4 is 45.9 Å². The molecule has 138 valence electrons. The Bertz CT molecular complexity index is 956. The summed E-state index contributed by atoms with van der Waals surface area (Å²) in [6.07, 6.45) is 0.206. The summed E-state index contributed by atoms with van der Waals surface area (Å²) in [6, 6.07) is 21.3. The molecule has 0 atom stereocenters. The highest BCUT2D eigenvalue weighted by molar-refractivity contribution is 7.99. The first-order valence-electron chi connectivity index (χ1n) is 8.48. The molecule has 0 fully saturated rings. The van der Waals surface area contributed by atoms with Gasteiger partial charge in [0, 0.05) is 10.8 Å². The van der Waals surface area contributed by atoms with Gasteiger partial charge in [0.2, 0.25) is 11.8 Å². The fourth-order valence-electron chi connectivity index (χ4n) is 2.73. The maximum absolute atomic E-state index is 12.1. The van der Waals surface area contributed by atoms with Crippen LogP contribution in [0.2, 0.25) is 5.02 Å². The molecular weight excluding hydrogens is 380 g/mol. The number of fused-ring (bicyclic) bond motifs is 1. The summed E-state index contributed by atoms with van der Waals surface area (Å²) < 4.78 is 0. The highest BCUT2D eigenvalue weighted by Crippen LogP contribution is 2.19. The third-order valence-electron chi connectivity index (χ3n) is 3.96. The summed E-state index contributed by atoms with van der Waals surface area (Å²) in [6.45, 7) is 0. The van der Waals surface area contributed by atoms with Crippen LogP contribution in [0.5, 0.6) is 0 Å². The number of hydrogen-bond acceptors (Lipinski definition) is 3. The molecule has 3 aromatic rings. The molecule has 2 amide bonds. The van der Waals surface area contributed by atoms with E-state index in [1.807, 2.05) is 66.7 Å². The average molecular weight is 399 g/mol. The van der Waals surface area contributed by atoms with Crippen LogP contribution in [0.25, 0.3) is 10.8 Å². The maximum atomic E-state index is 12.1. The van der Waals surface area contributed by atoms with Gasteiger partial charge in [0.1, 0.15) is 0 Å². The number of nitrogens with one attached hydrogen (secondary N) is 2. The summed E-state index contributed by atoms with van der Waals surface area (Å²) in [5, 5.41) is 2.81. The van der Waals surface area contributed by atoms with Crippen LogP contribution in [-0.2, 0) is 21.8 Å². The third-order valence-corrected chi connectivity index (χ3v) is 5.20. The number of halogens is 1. The Labute approximate surface area is 167 Å². The van der Waals surface area contributed by atoms with Gasteiger partial charge in [-0.05, 0) is 34.0 Å². The molecule has 0 bridgehead atoms. The average Bonchev–Trinajstić information content (AvgIpc) is 2.67. The number of amides is 2. The fraction of sp³-hybridized carbons (Fsp3) is 0.143. The van der Waals surface area contributed by atoms with Gasteiger partial charge in [0.25, 0.3) is 0 Å². The molecule has 3 rings (SSSR count). The molecule has 27 heavy (non-hydrogen) atoms. The molecule has 0 heterocycles. The number of hydrazine groups is 1. The van der Waals surface area contributed by atoms with E-state index in [1.165, 1.54) is 11.8 Å². The number of benzene rings is 3. The predicted octanol–water partition coefficient (Wildman–Crippen LogP) is 4.12. The molecule has 2 N–H and O–H groups in total. The van der Waals surface area contributed by atoms with Crippen molar-refractivity contribution in [1.29, 1.82) is 0 Å². The van der Waals surface area contributed by atoms with Crippen LogP contribution in [0.1, 0.15) is 11.1 Å². The summed E-state index contributed by atoms with van der Waals surface area (Å²) in [4.78, 5) is 24.0. The van der Waals surface area contributed by atoms with Crippen LogP contribution >= 0.6 is 23.4 Å². The second-order valence-electron chi connectivity index (χ2n) is 6.03. The molecule has 4 nitrogen and oxygen atoms in total. The molecule has 0 aliphatic carbocycles. The van der Waals surface area contributed by atoms with Crippen LogP contribution in [0.4, 0.5) is 0 Å². The first-order chi connectivity index (χ1) is 13.1. The second kappa shape index (κ2) is 9.44. The van der Waals surface area contributed by atoms with Gasteiger partial charge in [-0.25, -0.2) is 0 Å². The largest absolute Gasteiger partial charge is 0.273 e. The van der Waals surface area contributed by atoms with Crippen molar-refractivity contribution < 1.29 is 9.59 Å². The lowest BCUT2D eigenvalue weighted by Gasteiger charge is -2.09. The van der Waals surface area contributed by atoms with E-state index in [1.54, 1.807) is 0 Å². The molecule has 0 aliphatic heterocycles. The van der Waals surface area contributed by atoms with Crippen LogP contribution in [0.15, 0.2) is 66.7 Å². The Morgan fingerprint density at radius 1 is 0.889 bits per heavy atom. The van der Waals surface area contributed by atoms with Gasteiger partial charge in [0.15, 0.2) is 0 Å². The van der Waals surface area contributed by atoms with Gasteiger partial charge in [-0.3, -0.25) is 20.4 Å². The molecule has 0 saturated heterocycles. The predicted molar refractivity (Wildman–Crippen MR) is 112 cm³/mol. The van der Waals surface area contributed by atoms with Gasteiger partial charge >= 0.3 is 0 Å². The van der Waals surface area contributed by atoms with Crippen molar-refractivity contribution in [2.75, 3.05) is 5.75 Å². The van der Waals surface area contributed by atoms with Gasteiger partial charge < -0.3 is 0 Å². The van der Waals surface area contributed by atoms with Crippen LogP contribution in [0.3, 0.4) is 0 Å². The topological polar surface area (TPSA) is 58.2 Å². The number of carbonyl (C=O) groups is 2. The van der Waals surface area contributed by atoms with Crippen molar-refractivity contribution in [3.8, 4) is 0 Å². The summed E-state index contributed by atoms with van der Waals surface area (Å²) in [7, 11) is 0. The Hall–Kier alpha value is -2.50. The highest BCUT2D eigenvalue weighted by Gasteiger charge is 2.08. The Morgan fingerprint density at radius 3 is 2.48 bits per heavy atom. The normalized spacial score (nSPS) is 10.6. The Morgan fingerprint density at radius 2 is 1.63 bits per heavy atom. The van der Waals surface area contributed by atoms with Gasteiger partial charge in [-0.15, -0.1) is 11.8 Å². The summed E-state index contributed by atoms with van der Waals surface area (Å²) >= 11 is 7.40. The monoisotopic (exact) mass is 398 g/mol. The van der Waals surface area contributed by atoms with Crippen molar-refractivity contribution in [3.05, 3.63) is 82.9 Å². The lowest BCUT2D eigenvalue weighted by molar-refractivity contribution is -0.127. The van der Waals surface area contributed by atoms with Crippen molar-refractivity contribution in [1.82, 2.24) is 10.9 Å². The minimum absolute atomic E-state index is 0.206. The van der Waals surface area contributed by atoms with E-state index in [0.717, 1.165) is 21.9 Å². The van der Waals surface area contributed by atoms with Crippen LogP contribution in [-0.4, -0.2) is 17.6 Å². The quantitative estimate of drug-likeness (QED) is 0.614. The first kappa shape index (κ1) is 19.3. The van der Waals surface area contributed by atoms with Gasteiger partial charge in [0.05, 0.1) is 12.2 Å². The van der Waals surface area contributed by atoms with E-state index in [2.05, 4.69) is 10.9 Å². The molecule has 0 unspecified atom stereocenters. The fourth-order valence-corrected chi connectivity index (χ4v) is 3.72. The molecular formula is C21H19ClN2O2S.